The predicted molar refractivity (Wildman–Crippen MR) is 114 cm³/mol. The Morgan fingerprint density at radius 2 is 1.55 bits per heavy atom. The average Bonchev–Trinajstić information content (AvgIpc) is 3.08. The minimum Gasteiger partial charge on any atom is -0.312 e. The van der Waals surface area contributed by atoms with E-state index in [9.17, 15) is 22.8 Å². The van der Waals surface area contributed by atoms with Gasteiger partial charge in [-0.15, -0.1) is 0 Å². The molecular formula is C22H23N3O5S. The van der Waals surface area contributed by atoms with Crippen LogP contribution in [0.4, 0.5) is 10.5 Å². The highest BCUT2D eigenvalue weighted by Crippen LogP contribution is 2.28. The van der Waals surface area contributed by atoms with Crippen LogP contribution in [0.3, 0.4) is 0 Å². The number of amides is 3. The minimum absolute atomic E-state index is 0.00233. The van der Waals surface area contributed by atoms with E-state index < -0.39 is 10.0 Å². The normalized spacial score (nSPS) is 18.6. The molecule has 2 aromatic carbocycles. The molecule has 0 N–H and O–H groups in total. The Kier molecular flexibility index (Phi) is 5.63. The number of urea groups is 1. The molecule has 2 aliphatic rings. The van der Waals surface area contributed by atoms with Gasteiger partial charge in [0.05, 0.1) is 10.6 Å². The second-order valence-corrected chi connectivity index (χ2v) is 9.63. The van der Waals surface area contributed by atoms with E-state index in [-0.39, 0.29) is 48.3 Å². The molecule has 3 amide bonds. The molecule has 8 nitrogen and oxygen atoms in total. The van der Waals surface area contributed by atoms with Gasteiger partial charge < -0.3 is 4.90 Å². The zero-order chi connectivity index (χ0) is 22.2. The molecule has 0 aromatic heterocycles. The summed E-state index contributed by atoms with van der Waals surface area (Å²) in [6, 6.07) is 14.1. The number of anilines is 1. The summed E-state index contributed by atoms with van der Waals surface area (Å²) in [5.74, 6) is -0.407. The monoisotopic (exact) mass is 441 g/mol. The number of imide groups is 1. The SMILES string of the molecule is CC(=O)c1ccc(S(=O)(=O)N2CCC(N3CC(=O)N(c4ccccc4)C3=O)CC2)cc1. The molecule has 2 fully saturated rings. The van der Waals surface area contributed by atoms with E-state index in [4.69, 9.17) is 0 Å². The van der Waals surface area contributed by atoms with E-state index in [1.165, 1.54) is 40.4 Å². The Morgan fingerprint density at radius 1 is 0.935 bits per heavy atom. The second-order valence-electron chi connectivity index (χ2n) is 7.69. The smallest absolute Gasteiger partial charge is 0.312 e. The van der Waals surface area contributed by atoms with Gasteiger partial charge in [0.25, 0.3) is 5.91 Å². The third-order valence-corrected chi connectivity index (χ3v) is 7.68. The van der Waals surface area contributed by atoms with Crippen molar-refractivity contribution in [3.05, 3.63) is 60.2 Å². The first-order chi connectivity index (χ1) is 14.8. The molecule has 0 aliphatic carbocycles. The quantitative estimate of drug-likeness (QED) is 0.525. The number of hydrogen-bond acceptors (Lipinski definition) is 5. The van der Waals surface area contributed by atoms with Crippen molar-refractivity contribution in [1.82, 2.24) is 9.21 Å². The minimum atomic E-state index is -3.69. The maximum Gasteiger partial charge on any atom is 0.332 e. The Balaban J connectivity index is 1.43. The number of rotatable bonds is 5. The summed E-state index contributed by atoms with van der Waals surface area (Å²) < 4.78 is 27.3. The van der Waals surface area contributed by atoms with Crippen LogP contribution in [-0.2, 0) is 14.8 Å². The fraction of sp³-hybridized carbons (Fsp3) is 0.318. The van der Waals surface area contributed by atoms with Gasteiger partial charge in [-0.25, -0.2) is 18.1 Å². The van der Waals surface area contributed by atoms with Crippen molar-refractivity contribution in [1.29, 1.82) is 0 Å². The maximum atomic E-state index is 12.9. The van der Waals surface area contributed by atoms with Gasteiger partial charge in [0.15, 0.2) is 5.78 Å². The molecule has 2 aliphatic heterocycles. The summed E-state index contributed by atoms with van der Waals surface area (Å²) in [6.07, 6.45) is 0.902. The molecule has 31 heavy (non-hydrogen) atoms. The summed E-state index contributed by atoms with van der Waals surface area (Å²) in [7, 11) is -3.69. The lowest BCUT2D eigenvalue weighted by Gasteiger charge is -2.35. The van der Waals surface area contributed by atoms with Crippen molar-refractivity contribution in [3.63, 3.8) is 0 Å². The Hall–Kier alpha value is -3.04. The van der Waals surface area contributed by atoms with Crippen LogP contribution in [0.15, 0.2) is 59.5 Å². The molecule has 0 saturated carbocycles. The third kappa shape index (κ3) is 3.98. The third-order valence-electron chi connectivity index (χ3n) is 5.77. The molecule has 2 saturated heterocycles. The number of hydrogen-bond donors (Lipinski definition) is 0. The molecule has 2 heterocycles. The second kappa shape index (κ2) is 8.24. The van der Waals surface area contributed by atoms with Crippen molar-refractivity contribution >= 4 is 33.4 Å². The number of nitrogens with zero attached hydrogens (tertiary/aromatic N) is 3. The van der Waals surface area contributed by atoms with Gasteiger partial charge in [-0.05, 0) is 44.0 Å². The summed E-state index contributed by atoms with van der Waals surface area (Å²) in [5.41, 5.74) is 0.992. The number of piperidine rings is 1. The number of carbonyl (C=O) groups excluding carboxylic acids is 3. The highest BCUT2D eigenvalue weighted by molar-refractivity contribution is 7.89. The molecule has 0 atom stereocenters. The molecule has 0 unspecified atom stereocenters. The van der Waals surface area contributed by atoms with E-state index in [1.807, 2.05) is 6.07 Å². The predicted octanol–water partition coefficient (Wildman–Crippen LogP) is 2.51. The number of para-hydroxylation sites is 1. The summed E-state index contributed by atoms with van der Waals surface area (Å²) in [5, 5.41) is 0. The van der Waals surface area contributed by atoms with Crippen molar-refractivity contribution < 1.29 is 22.8 Å². The summed E-state index contributed by atoms with van der Waals surface area (Å²) in [4.78, 5) is 39.6. The molecule has 162 valence electrons. The number of sulfonamides is 1. The molecule has 2 aromatic rings. The molecular weight excluding hydrogens is 418 g/mol. The Bertz CT molecular complexity index is 1110. The zero-order valence-electron chi connectivity index (χ0n) is 17.1. The highest BCUT2D eigenvalue weighted by atomic mass is 32.2. The van der Waals surface area contributed by atoms with Gasteiger partial charge in [0, 0.05) is 24.7 Å². The lowest BCUT2D eigenvalue weighted by atomic mass is 10.1. The molecule has 0 bridgehead atoms. The van der Waals surface area contributed by atoms with Crippen LogP contribution in [0, 0.1) is 0 Å². The van der Waals surface area contributed by atoms with E-state index in [1.54, 1.807) is 29.2 Å². The number of carbonyl (C=O) groups is 3. The first-order valence-corrected chi connectivity index (χ1v) is 11.5. The number of ketones is 1. The average molecular weight is 442 g/mol. The van der Waals surface area contributed by atoms with Crippen LogP contribution < -0.4 is 4.90 Å². The van der Waals surface area contributed by atoms with Gasteiger partial charge in [-0.2, -0.15) is 4.31 Å². The molecule has 4 rings (SSSR count). The van der Waals surface area contributed by atoms with Crippen LogP contribution in [0.5, 0.6) is 0 Å². The van der Waals surface area contributed by atoms with E-state index in [2.05, 4.69) is 0 Å². The van der Waals surface area contributed by atoms with Crippen molar-refractivity contribution in [2.45, 2.75) is 30.7 Å². The van der Waals surface area contributed by atoms with Crippen LogP contribution >= 0.6 is 0 Å². The molecule has 0 radical (unpaired) electrons. The largest absolute Gasteiger partial charge is 0.332 e. The summed E-state index contributed by atoms with van der Waals surface area (Å²) in [6.45, 7) is 1.94. The lowest BCUT2D eigenvalue weighted by molar-refractivity contribution is -0.116. The fourth-order valence-electron chi connectivity index (χ4n) is 4.04. The van der Waals surface area contributed by atoms with Gasteiger partial charge in [-0.1, -0.05) is 30.3 Å². The first kappa shape index (κ1) is 21.2. The van der Waals surface area contributed by atoms with E-state index in [0.717, 1.165) is 0 Å². The van der Waals surface area contributed by atoms with Crippen LogP contribution in [0.25, 0.3) is 0 Å². The fourth-order valence-corrected chi connectivity index (χ4v) is 5.51. The zero-order valence-corrected chi connectivity index (χ0v) is 17.9. The van der Waals surface area contributed by atoms with E-state index >= 15 is 0 Å². The van der Waals surface area contributed by atoms with Gasteiger partial charge >= 0.3 is 6.03 Å². The van der Waals surface area contributed by atoms with Crippen LogP contribution in [0.2, 0.25) is 0 Å². The lowest BCUT2D eigenvalue weighted by Crippen LogP contribution is -2.48. The van der Waals surface area contributed by atoms with Gasteiger partial charge in [0.1, 0.15) is 6.54 Å². The Morgan fingerprint density at radius 3 is 2.13 bits per heavy atom. The van der Waals surface area contributed by atoms with Crippen molar-refractivity contribution in [3.8, 4) is 0 Å². The highest BCUT2D eigenvalue weighted by Gasteiger charge is 2.42. The van der Waals surface area contributed by atoms with Crippen molar-refractivity contribution in [2.24, 2.45) is 0 Å². The number of benzene rings is 2. The van der Waals surface area contributed by atoms with Crippen LogP contribution in [0.1, 0.15) is 30.1 Å². The van der Waals surface area contributed by atoms with E-state index in [0.29, 0.717) is 24.1 Å². The first-order valence-electron chi connectivity index (χ1n) is 10.1. The van der Waals surface area contributed by atoms with Gasteiger partial charge in [-0.3, -0.25) is 9.59 Å². The van der Waals surface area contributed by atoms with Crippen LogP contribution in [-0.4, -0.2) is 61.0 Å². The van der Waals surface area contributed by atoms with Gasteiger partial charge in [0.2, 0.25) is 10.0 Å². The van der Waals surface area contributed by atoms with Crippen molar-refractivity contribution in [2.75, 3.05) is 24.5 Å². The maximum absolute atomic E-state index is 12.9. The summed E-state index contributed by atoms with van der Waals surface area (Å²) >= 11 is 0. The number of Topliss-reactive ketones (excluding diaryl/α,β-unsaturated/α-hetero) is 1. The topological polar surface area (TPSA) is 95.1 Å². The molecule has 9 heteroatoms. The Labute approximate surface area is 181 Å². The molecule has 0 spiro atoms. The standard InChI is InChI=1S/C22H23N3O5S/c1-16(26)17-7-9-20(10-8-17)31(29,30)23-13-11-18(12-14-23)24-15-21(27)25(22(24)28)19-5-3-2-4-6-19/h2-10,18H,11-15H2,1H3.